The molecule has 7 heteroatoms. The lowest BCUT2D eigenvalue weighted by atomic mass is 10.2. The maximum absolute atomic E-state index is 12.4. The average molecular weight is 345 g/mol. The van der Waals surface area contributed by atoms with Gasteiger partial charge in [0.2, 0.25) is 0 Å². The molecule has 0 aliphatic carbocycles. The first-order chi connectivity index (χ1) is 9.70. The van der Waals surface area contributed by atoms with E-state index >= 15 is 0 Å². The molecule has 21 heavy (non-hydrogen) atoms. The van der Waals surface area contributed by atoms with Crippen molar-refractivity contribution in [2.75, 3.05) is 10.5 Å². The van der Waals surface area contributed by atoms with Gasteiger partial charge in [0.1, 0.15) is 4.90 Å². The zero-order valence-corrected chi connectivity index (χ0v) is 13.8. The molecule has 0 radical (unpaired) electrons. The number of sulfonamides is 1. The molecule has 3 N–H and O–H groups in total. The number of aryl methyl sites for hydroxylation is 2. The molecule has 0 atom stereocenters. The number of hydrogen-bond acceptors (Lipinski definition) is 3. The average Bonchev–Trinajstić information content (AvgIpc) is 2.37. The van der Waals surface area contributed by atoms with Crippen LogP contribution in [-0.4, -0.2) is 8.42 Å². The fraction of sp³-hybridized carbons (Fsp3) is 0.143. The summed E-state index contributed by atoms with van der Waals surface area (Å²) in [6.45, 7) is 3.52. The van der Waals surface area contributed by atoms with Gasteiger partial charge in [-0.1, -0.05) is 23.2 Å². The van der Waals surface area contributed by atoms with Gasteiger partial charge < -0.3 is 5.73 Å². The lowest BCUT2D eigenvalue weighted by molar-refractivity contribution is 0.601. The second-order valence-electron chi connectivity index (χ2n) is 4.70. The predicted octanol–water partition coefficient (Wildman–Crippen LogP) is 3.99. The van der Waals surface area contributed by atoms with Crippen LogP contribution in [0, 0.1) is 13.8 Å². The van der Waals surface area contributed by atoms with Crippen LogP contribution in [0.1, 0.15) is 11.1 Å². The normalized spacial score (nSPS) is 11.4. The van der Waals surface area contributed by atoms with Crippen molar-refractivity contribution in [1.82, 2.24) is 0 Å². The Morgan fingerprint density at radius 1 is 1.05 bits per heavy atom. The highest BCUT2D eigenvalue weighted by Gasteiger charge is 2.20. The highest BCUT2D eigenvalue weighted by Crippen LogP contribution is 2.29. The molecule has 0 aromatic heterocycles. The molecular formula is C14H14Cl2N2O2S. The Morgan fingerprint density at radius 2 is 1.71 bits per heavy atom. The molecule has 2 rings (SSSR count). The van der Waals surface area contributed by atoms with Crippen LogP contribution in [0.25, 0.3) is 0 Å². The molecule has 4 nitrogen and oxygen atoms in total. The Labute approximate surface area is 133 Å². The van der Waals surface area contributed by atoms with Crippen molar-refractivity contribution in [3.05, 3.63) is 51.5 Å². The monoisotopic (exact) mass is 344 g/mol. The van der Waals surface area contributed by atoms with E-state index in [1.165, 1.54) is 12.1 Å². The Kier molecular flexibility index (Phi) is 4.37. The van der Waals surface area contributed by atoms with Gasteiger partial charge in [0.15, 0.2) is 0 Å². The summed E-state index contributed by atoms with van der Waals surface area (Å²) in [6, 6.07) is 7.76. The summed E-state index contributed by atoms with van der Waals surface area (Å²) in [6.07, 6.45) is 0. The molecule has 0 aliphatic heterocycles. The minimum Gasteiger partial charge on any atom is -0.398 e. The van der Waals surface area contributed by atoms with E-state index in [1.807, 2.05) is 0 Å². The van der Waals surface area contributed by atoms with Crippen LogP contribution < -0.4 is 10.5 Å². The number of nitrogens with one attached hydrogen (secondary N) is 1. The summed E-state index contributed by atoms with van der Waals surface area (Å²) >= 11 is 11.9. The zero-order valence-electron chi connectivity index (χ0n) is 11.4. The van der Waals surface area contributed by atoms with E-state index in [4.69, 9.17) is 28.9 Å². The first kappa shape index (κ1) is 15.9. The molecule has 2 aromatic carbocycles. The molecule has 0 saturated carbocycles. The summed E-state index contributed by atoms with van der Waals surface area (Å²) < 4.78 is 27.4. The van der Waals surface area contributed by atoms with Crippen LogP contribution in [0.4, 0.5) is 11.4 Å². The number of nitrogens with two attached hydrogens (primary N) is 1. The van der Waals surface area contributed by atoms with Crippen LogP contribution >= 0.6 is 23.2 Å². The fourth-order valence-electron chi connectivity index (χ4n) is 1.82. The summed E-state index contributed by atoms with van der Waals surface area (Å²) in [5.74, 6) is 0. The third-order valence-electron chi connectivity index (χ3n) is 3.04. The summed E-state index contributed by atoms with van der Waals surface area (Å²) in [4.78, 5) is -0.0541. The molecule has 112 valence electrons. The molecule has 0 bridgehead atoms. The third-order valence-corrected chi connectivity index (χ3v) is 5.11. The standard InChI is InChI=1S/C14H14Cl2N2O2S/c1-8-6-11(16)14(7-12(8)17)21(19,20)18-13-4-3-10(15)5-9(13)2/h3-7,18H,17H2,1-2H3. The Bertz CT molecular complexity index is 805. The molecular weight excluding hydrogens is 331 g/mol. The third kappa shape index (κ3) is 3.43. The first-order valence-corrected chi connectivity index (χ1v) is 8.29. The van der Waals surface area contributed by atoms with Gasteiger partial charge in [-0.3, -0.25) is 4.72 Å². The highest BCUT2D eigenvalue weighted by molar-refractivity contribution is 7.92. The Morgan fingerprint density at radius 3 is 2.33 bits per heavy atom. The van der Waals surface area contributed by atoms with Gasteiger partial charge in [0, 0.05) is 10.7 Å². The lowest BCUT2D eigenvalue weighted by Crippen LogP contribution is -2.15. The maximum atomic E-state index is 12.4. The number of rotatable bonds is 3. The number of benzene rings is 2. The van der Waals surface area contributed by atoms with E-state index in [9.17, 15) is 8.42 Å². The van der Waals surface area contributed by atoms with E-state index in [0.29, 0.717) is 22.0 Å². The van der Waals surface area contributed by atoms with E-state index in [2.05, 4.69) is 4.72 Å². The summed E-state index contributed by atoms with van der Waals surface area (Å²) in [5, 5.41) is 0.661. The van der Waals surface area contributed by atoms with Crippen LogP contribution in [-0.2, 0) is 10.0 Å². The molecule has 0 amide bonds. The lowest BCUT2D eigenvalue weighted by Gasteiger charge is -2.13. The molecule has 0 unspecified atom stereocenters. The van der Waals surface area contributed by atoms with Crippen molar-refractivity contribution < 1.29 is 8.42 Å². The van der Waals surface area contributed by atoms with Crippen LogP contribution in [0.3, 0.4) is 0 Å². The van der Waals surface area contributed by atoms with Crippen LogP contribution in [0.15, 0.2) is 35.2 Å². The van der Waals surface area contributed by atoms with Crippen LogP contribution in [0.2, 0.25) is 10.0 Å². The molecule has 0 aliphatic rings. The minimum absolute atomic E-state index is 0.0541. The molecule has 0 spiro atoms. The maximum Gasteiger partial charge on any atom is 0.263 e. The van der Waals surface area contributed by atoms with Gasteiger partial charge >= 0.3 is 0 Å². The summed E-state index contributed by atoms with van der Waals surface area (Å²) in [5.41, 5.74) is 8.00. The second kappa shape index (κ2) is 5.75. The number of hydrogen-bond donors (Lipinski definition) is 2. The Hall–Kier alpha value is -1.43. The topological polar surface area (TPSA) is 72.2 Å². The van der Waals surface area contributed by atoms with Crippen molar-refractivity contribution in [3.63, 3.8) is 0 Å². The van der Waals surface area contributed by atoms with Crippen molar-refractivity contribution >= 4 is 44.6 Å². The van der Waals surface area contributed by atoms with Gasteiger partial charge in [-0.25, -0.2) is 8.42 Å². The minimum atomic E-state index is -3.82. The van der Waals surface area contributed by atoms with E-state index < -0.39 is 10.0 Å². The highest BCUT2D eigenvalue weighted by atomic mass is 35.5. The predicted molar refractivity (Wildman–Crippen MR) is 87.6 cm³/mol. The summed E-state index contributed by atoms with van der Waals surface area (Å²) in [7, 11) is -3.82. The molecule has 0 fully saturated rings. The van der Waals surface area contributed by atoms with Gasteiger partial charge in [0.25, 0.3) is 10.0 Å². The van der Waals surface area contributed by atoms with E-state index in [-0.39, 0.29) is 9.92 Å². The fourth-order valence-corrected chi connectivity index (χ4v) is 3.79. The first-order valence-electron chi connectivity index (χ1n) is 6.05. The number of anilines is 2. The smallest absolute Gasteiger partial charge is 0.263 e. The SMILES string of the molecule is Cc1cc(Cl)c(S(=O)(=O)Nc2ccc(Cl)cc2C)cc1N. The van der Waals surface area contributed by atoms with Gasteiger partial charge in [0.05, 0.1) is 10.7 Å². The van der Waals surface area contributed by atoms with Crippen molar-refractivity contribution in [1.29, 1.82) is 0 Å². The van der Waals surface area contributed by atoms with Crippen molar-refractivity contribution in [3.8, 4) is 0 Å². The second-order valence-corrected chi connectivity index (χ2v) is 7.20. The van der Waals surface area contributed by atoms with Gasteiger partial charge in [-0.05, 0) is 55.3 Å². The zero-order chi connectivity index (χ0) is 15.8. The quantitative estimate of drug-likeness (QED) is 0.826. The van der Waals surface area contributed by atoms with Gasteiger partial charge in [-0.2, -0.15) is 0 Å². The number of nitrogen functional groups attached to an aromatic ring is 1. The van der Waals surface area contributed by atoms with Crippen molar-refractivity contribution in [2.24, 2.45) is 0 Å². The van der Waals surface area contributed by atoms with E-state index in [0.717, 1.165) is 5.56 Å². The van der Waals surface area contributed by atoms with Crippen LogP contribution in [0.5, 0.6) is 0 Å². The van der Waals surface area contributed by atoms with E-state index in [1.54, 1.807) is 32.0 Å². The molecule has 0 saturated heterocycles. The van der Waals surface area contributed by atoms with Crippen molar-refractivity contribution in [2.45, 2.75) is 18.7 Å². The Balaban J connectivity index is 2.46. The molecule has 2 aromatic rings. The van der Waals surface area contributed by atoms with Gasteiger partial charge in [-0.15, -0.1) is 0 Å². The molecule has 0 heterocycles. The largest absolute Gasteiger partial charge is 0.398 e. The number of halogens is 2.